The molecule has 0 saturated heterocycles. The molecule has 1 aliphatic rings. The van der Waals surface area contributed by atoms with Crippen LogP contribution in [0.15, 0.2) is 30.3 Å². The quantitative estimate of drug-likeness (QED) is 0.566. The maximum atomic E-state index is 12.6. The van der Waals surface area contributed by atoms with Crippen molar-refractivity contribution in [3.63, 3.8) is 0 Å². The molecule has 1 aromatic carbocycles. The number of amides is 1. The Bertz CT molecular complexity index is 1210. The van der Waals surface area contributed by atoms with Gasteiger partial charge in [0.15, 0.2) is 11.5 Å². The molecule has 34 heavy (non-hydrogen) atoms. The second-order valence-electron chi connectivity index (χ2n) is 9.73. The number of hydrogen-bond acceptors (Lipinski definition) is 6. The molecule has 0 saturated carbocycles. The minimum absolute atomic E-state index is 0.0949. The molecule has 3 aromatic rings. The molecule has 8 heteroatoms. The first-order valence-electron chi connectivity index (χ1n) is 11.5. The molecule has 1 atom stereocenters. The highest BCUT2D eigenvalue weighted by atomic mass is 16.6. The van der Waals surface area contributed by atoms with E-state index in [9.17, 15) is 4.79 Å². The molecule has 1 aliphatic carbocycles. The first-order valence-corrected chi connectivity index (χ1v) is 11.5. The number of pyridine rings is 1. The van der Waals surface area contributed by atoms with Crippen molar-refractivity contribution in [1.29, 1.82) is 0 Å². The average Bonchev–Trinajstić information content (AvgIpc) is 3.08. The van der Waals surface area contributed by atoms with Crippen LogP contribution in [-0.2, 0) is 24.6 Å². The Hall–Kier alpha value is -3.42. The Labute approximate surface area is 200 Å². The summed E-state index contributed by atoms with van der Waals surface area (Å²) >= 11 is 0. The van der Waals surface area contributed by atoms with Gasteiger partial charge in [0.25, 0.3) is 0 Å². The van der Waals surface area contributed by atoms with Gasteiger partial charge in [-0.2, -0.15) is 0 Å². The summed E-state index contributed by atoms with van der Waals surface area (Å²) < 4.78 is 18.5. The van der Waals surface area contributed by atoms with E-state index >= 15 is 0 Å². The number of nitrogens with one attached hydrogen (secondary N) is 1. The van der Waals surface area contributed by atoms with Crippen molar-refractivity contribution in [3.8, 4) is 11.5 Å². The Morgan fingerprint density at radius 1 is 1.15 bits per heavy atom. The summed E-state index contributed by atoms with van der Waals surface area (Å²) in [6.07, 6.45) is 2.29. The average molecular weight is 467 g/mol. The minimum Gasteiger partial charge on any atom is -0.493 e. The van der Waals surface area contributed by atoms with Crippen molar-refractivity contribution < 1.29 is 19.0 Å². The van der Waals surface area contributed by atoms with E-state index in [1.807, 2.05) is 52.1 Å². The smallest absolute Gasteiger partial charge is 0.410 e. The highest BCUT2D eigenvalue weighted by molar-refractivity contribution is 5.85. The highest BCUT2D eigenvalue weighted by Crippen LogP contribution is 2.34. The number of ether oxygens (including phenoxy) is 3. The minimum atomic E-state index is -0.508. The number of nitrogens with zero attached hydrogens (tertiary/aromatic N) is 3. The van der Waals surface area contributed by atoms with Crippen LogP contribution in [0.1, 0.15) is 38.4 Å². The van der Waals surface area contributed by atoms with Crippen LogP contribution < -0.4 is 14.8 Å². The van der Waals surface area contributed by atoms with E-state index in [1.54, 1.807) is 19.1 Å². The van der Waals surface area contributed by atoms with Crippen LogP contribution in [0.4, 0.5) is 16.3 Å². The van der Waals surface area contributed by atoms with Gasteiger partial charge in [0, 0.05) is 43.0 Å². The lowest BCUT2D eigenvalue weighted by molar-refractivity contribution is 0.0210. The summed E-state index contributed by atoms with van der Waals surface area (Å²) in [6.45, 7) is 5.67. The fraction of sp³-hybridized carbons (Fsp3) is 0.462. The maximum absolute atomic E-state index is 12.6. The van der Waals surface area contributed by atoms with Crippen LogP contribution in [0.2, 0.25) is 0 Å². The maximum Gasteiger partial charge on any atom is 0.410 e. The molecular formula is C26H34N4O4. The van der Waals surface area contributed by atoms with Gasteiger partial charge in [-0.15, -0.1) is 0 Å². The second-order valence-corrected chi connectivity index (χ2v) is 9.73. The Morgan fingerprint density at radius 2 is 1.88 bits per heavy atom. The number of hydrogen-bond donors (Lipinski definition) is 1. The predicted octanol–water partition coefficient (Wildman–Crippen LogP) is 5.06. The van der Waals surface area contributed by atoms with Crippen molar-refractivity contribution in [2.24, 2.45) is 7.05 Å². The number of carbonyl (C=O) groups is 1. The lowest BCUT2D eigenvalue weighted by atomic mass is 9.91. The largest absolute Gasteiger partial charge is 0.493 e. The van der Waals surface area contributed by atoms with Gasteiger partial charge < -0.3 is 29.0 Å². The van der Waals surface area contributed by atoms with E-state index in [2.05, 4.69) is 23.0 Å². The topological polar surface area (TPSA) is 77.9 Å². The van der Waals surface area contributed by atoms with Gasteiger partial charge in [-0.05, 0) is 69.9 Å². The zero-order chi connectivity index (χ0) is 24.6. The summed E-state index contributed by atoms with van der Waals surface area (Å²) in [5.74, 6) is 2.08. The molecule has 1 N–H and O–H groups in total. The number of anilines is 2. The van der Waals surface area contributed by atoms with Crippen molar-refractivity contribution in [2.75, 3.05) is 26.6 Å². The van der Waals surface area contributed by atoms with Gasteiger partial charge in [-0.1, -0.05) is 0 Å². The molecule has 0 fully saturated rings. The summed E-state index contributed by atoms with van der Waals surface area (Å²) in [5.41, 5.74) is 3.82. The SMILES string of the molecule is COc1ccc(Nc2ccc3c4c(n(C)c3n2)CCC(N(C)C(=O)OC(C)(C)C)C4)cc1OC. The van der Waals surface area contributed by atoms with Crippen molar-refractivity contribution in [2.45, 2.75) is 51.7 Å². The summed E-state index contributed by atoms with van der Waals surface area (Å²) in [5, 5.41) is 4.49. The Kier molecular flexibility index (Phi) is 6.34. The van der Waals surface area contributed by atoms with Crippen LogP contribution in [0, 0.1) is 0 Å². The number of benzene rings is 1. The first-order chi connectivity index (χ1) is 16.1. The van der Waals surface area contributed by atoms with Gasteiger partial charge in [0.1, 0.15) is 17.1 Å². The van der Waals surface area contributed by atoms with Crippen molar-refractivity contribution >= 4 is 28.6 Å². The monoisotopic (exact) mass is 466 g/mol. The number of likely N-dealkylation sites (N-methyl/N-ethyl adjacent to an activating group) is 1. The van der Waals surface area contributed by atoms with E-state index in [0.717, 1.165) is 41.8 Å². The molecule has 182 valence electrons. The van der Waals surface area contributed by atoms with Gasteiger partial charge in [0.2, 0.25) is 0 Å². The molecule has 0 bridgehead atoms. The second kappa shape index (κ2) is 9.08. The molecular weight excluding hydrogens is 432 g/mol. The Balaban J connectivity index is 1.58. The van der Waals surface area contributed by atoms with Crippen molar-refractivity contribution in [1.82, 2.24) is 14.5 Å². The third kappa shape index (κ3) is 4.62. The van der Waals surface area contributed by atoms with Crippen LogP contribution >= 0.6 is 0 Å². The molecule has 0 radical (unpaired) electrons. The number of aryl methyl sites for hydroxylation is 1. The molecule has 4 rings (SSSR count). The van der Waals surface area contributed by atoms with E-state index in [1.165, 1.54) is 11.3 Å². The Morgan fingerprint density at radius 3 is 2.56 bits per heavy atom. The first kappa shape index (κ1) is 23.7. The van der Waals surface area contributed by atoms with Crippen LogP contribution in [-0.4, -0.2) is 53.5 Å². The third-order valence-corrected chi connectivity index (χ3v) is 6.31. The summed E-state index contributed by atoms with van der Waals surface area (Å²) in [4.78, 5) is 19.2. The van der Waals surface area contributed by atoms with Gasteiger partial charge >= 0.3 is 6.09 Å². The highest BCUT2D eigenvalue weighted by Gasteiger charge is 2.31. The summed E-state index contributed by atoms with van der Waals surface area (Å²) in [7, 11) is 7.13. The standard InChI is InChI=1S/C26H34N4O4/c1-26(2,3)34-25(31)29(4)17-9-11-20-19(15-17)18-10-13-23(28-24(18)30(20)5)27-16-8-12-21(32-6)22(14-16)33-7/h8,10,12-14,17H,9,11,15H2,1-7H3,(H,27,28). The molecule has 2 heterocycles. The van der Waals surface area contributed by atoms with Crippen LogP contribution in [0.25, 0.3) is 11.0 Å². The lowest BCUT2D eigenvalue weighted by Gasteiger charge is -2.33. The fourth-order valence-corrected chi connectivity index (χ4v) is 4.56. The van der Waals surface area contributed by atoms with E-state index in [4.69, 9.17) is 19.2 Å². The predicted molar refractivity (Wildman–Crippen MR) is 133 cm³/mol. The van der Waals surface area contributed by atoms with Crippen molar-refractivity contribution in [3.05, 3.63) is 41.6 Å². The number of methoxy groups -OCH3 is 2. The van der Waals surface area contributed by atoms with E-state index in [0.29, 0.717) is 11.5 Å². The molecule has 0 aliphatic heterocycles. The van der Waals surface area contributed by atoms with Crippen LogP contribution in [0.5, 0.6) is 11.5 Å². The number of rotatable bonds is 5. The number of fused-ring (bicyclic) bond motifs is 3. The zero-order valence-electron chi connectivity index (χ0n) is 21.1. The van der Waals surface area contributed by atoms with Crippen LogP contribution in [0.3, 0.4) is 0 Å². The fourth-order valence-electron chi connectivity index (χ4n) is 4.56. The van der Waals surface area contributed by atoms with Gasteiger partial charge in [-0.3, -0.25) is 0 Å². The van der Waals surface area contributed by atoms with E-state index < -0.39 is 5.60 Å². The van der Waals surface area contributed by atoms with E-state index in [-0.39, 0.29) is 12.1 Å². The molecule has 1 amide bonds. The normalized spacial score (nSPS) is 15.6. The zero-order valence-corrected chi connectivity index (χ0v) is 21.1. The number of aromatic nitrogens is 2. The third-order valence-electron chi connectivity index (χ3n) is 6.31. The lowest BCUT2D eigenvalue weighted by Crippen LogP contribution is -2.43. The molecule has 8 nitrogen and oxygen atoms in total. The molecule has 0 spiro atoms. The number of carbonyl (C=O) groups excluding carboxylic acids is 1. The van der Waals surface area contributed by atoms with Gasteiger partial charge in [-0.25, -0.2) is 9.78 Å². The van der Waals surface area contributed by atoms with Gasteiger partial charge in [0.05, 0.1) is 14.2 Å². The molecule has 2 aromatic heterocycles. The molecule has 1 unspecified atom stereocenters. The summed E-state index contributed by atoms with van der Waals surface area (Å²) in [6, 6.07) is 9.87.